The van der Waals surface area contributed by atoms with Crippen LogP contribution in [-0.4, -0.2) is 11.0 Å². The molecule has 0 heterocycles. The van der Waals surface area contributed by atoms with Crippen molar-refractivity contribution in [1.29, 1.82) is 5.26 Å². The molecule has 102 valence electrons. The summed E-state index contributed by atoms with van der Waals surface area (Å²) in [6, 6.07) is 7.22. The molecule has 3 aliphatic rings. The molecule has 4 rings (SSSR count). The second kappa shape index (κ2) is 3.95. The number of nitrogens with zero attached hydrogens (tertiary/aromatic N) is 2. The molecule has 1 aromatic rings. The Morgan fingerprint density at radius 1 is 1.30 bits per heavy atom. The van der Waals surface area contributed by atoms with Crippen molar-refractivity contribution in [2.24, 2.45) is 23.7 Å². The fourth-order valence-electron chi connectivity index (χ4n) is 4.64. The largest absolute Gasteiger partial charge is 0.376 e. The van der Waals surface area contributed by atoms with E-state index < -0.39 is 4.92 Å². The topological polar surface area (TPSA) is 79.0 Å². The second-order valence-electron chi connectivity index (χ2n) is 6.23. The fourth-order valence-corrected chi connectivity index (χ4v) is 4.64. The van der Waals surface area contributed by atoms with Crippen molar-refractivity contribution >= 4 is 11.4 Å². The molecular weight excluding hydrogens is 254 g/mol. The van der Waals surface area contributed by atoms with Crippen molar-refractivity contribution in [1.82, 2.24) is 0 Å². The van der Waals surface area contributed by atoms with Gasteiger partial charge >= 0.3 is 5.69 Å². The number of rotatable bonds is 3. The Hall–Kier alpha value is -2.09. The normalized spacial score (nSPS) is 36.2. The standard InChI is InChI=1S/C15H15N3O2/c16-7-10-2-1-3-11(15(10)18(19)20)17-14-12-8-4-5-9(6-8)13(12)14/h1-3,8-9,12-14,17H,4-6H2. The number of nitriles is 1. The highest BCUT2D eigenvalue weighted by atomic mass is 16.6. The van der Waals surface area contributed by atoms with Crippen LogP contribution < -0.4 is 5.32 Å². The predicted octanol–water partition coefficient (Wildman–Crippen LogP) is 2.92. The van der Waals surface area contributed by atoms with Crippen molar-refractivity contribution in [3.05, 3.63) is 33.9 Å². The van der Waals surface area contributed by atoms with Gasteiger partial charge in [-0.05, 0) is 55.1 Å². The average molecular weight is 269 g/mol. The Bertz CT molecular complexity index is 620. The molecule has 3 aliphatic carbocycles. The molecule has 0 aromatic heterocycles. The summed E-state index contributed by atoms with van der Waals surface area (Å²) in [5, 5.41) is 23.6. The highest BCUT2D eigenvalue weighted by Gasteiger charge is 2.65. The first kappa shape index (κ1) is 11.7. The molecule has 4 unspecified atom stereocenters. The van der Waals surface area contributed by atoms with E-state index in [2.05, 4.69) is 5.32 Å². The third-order valence-corrected chi connectivity index (χ3v) is 5.40. The van der Waals surface area contributed by atoms with Gasteiger partial charge in [-0.25, -0.2) is 0 Å². The number of para-hydroxylation sites is 1. The lowest BCUT2D eigenvalue weighted by atomic mass is 10.0. The lowest BCUT2D eigenvalue weighted by Crippen LogP contribution is -2.14. The van der Waals surface area contributed by atoms with E-state index in [1.807, 2.05) is 6.07 Å². The SMILES string of the molecule is N#Cc1cccc(NC2C3C4CCC(C4)C23)c1[N+](=O)[O-]. The molecule has 1 N–H and O–H groups in total. The van der Waals surface area contributed by atoms with Crippen LogP contribution in [0.15, 0.2) is 18.2 Å². The first-order valence-corrected chi connectivity index (χ1v) is 7.14. The van der Waals surface area contributed by atoms with Gasteiger partial charge in [0, 0.05) is 6.04 Å². The van der Waals surface area contributed by atoms with Gasteiger partial charge in [-0.1, -0.05) is 6.07 Å². The van der Waals surface area contributed by atoms with E-state index >= 15 is 0 Å². The Labute approximate surface area is 116 Å². The van der Waals surface area contributed by atoms with Crippen LogP contribution in [0.25, 0.3) is 0 Å². The molecule has 3 fully saturated rings. The molecule has 3 saturated carbocycles. The minimum absolute atomic E-state index is 0.0766. The maximum atomic E-state index is 11.2. The quantitative estimate of drug-likeness (QED) is 0.676. The van der Waals surface area contributed by atoms with Crippen LogP contribution in [0.2, 0.25) is 0 Å². The second-order valence-corrected chi connectivity index (χ2v) is 6.23. The van der Waals surface area contributed by atoms with E-state index in [-0.39, 0.29) is 11.3 Å². The van der Waals surface area contributed by atoms with Gasteiger partial charge in [0.05, 0.1) is 4.92 Å². The van der Waals surface area contributed by atoms with Gasteiger partial charge in [0.2, 0.25) is 0 Å². The van der Waals surface area contributed by atoms with Gasteiger partial charge in [-0.3, -0.25) is 10.1 Å². The molecular formula is C15H15N3O2. The maximum Gasteiger partial charge on any atom is 0.309 e. The van der Waals surface area contributed by atoms with Crippen molar-refractivity contribution in [2.75, 3.05) is 5.32 Å². The van der Waals surface area contributed by atoms with Crippen molar-refractivity contribution in [3.8, 4) is 6.07 Å². The first-order valence-electron chi connectivity index (χ1n) is 7.14. The minimum atomic E-state index is -0.451. The van der Waals surface area contributed by atoms with E-state index in [9.17, 15) is 10.1 Å². The van der Waals surface area contributed by atoms with E-state index in [4.69, 9.17) is 5.26 Å². The lowest BCUT2D eigenvalue weighted by molar-refractivity contribution is -0.384. The predicted molar refractivity (Wildman–Crippen MR) is 73.0 cm³/mol. The van der Waals surface area contributed by atoms with Crippen LogP contribution in [0.1, 0.15) is 24.8 Å². The zero-order valence-electron chi connectivity index (χ0n) is 11.0. The van der Waals surface area contributed by atoms with Gasteiger partial charge < -0.3 is 5.32 Å². The highest BCUT2D eigenvalue weighted by molar-refractivity contribution is 5.69. The van der Waals surface area contributed by atoms with Gasteiger partial charge in [-0.15, -0.1) is 0 Å². The van der Waals surface area contributed by atoms with Crippen LogP contribution in [-0.2, 0) is 0 Å². The molecule has 5 heteroatoms. The average Bonchev–Trinajstić information content (AvgIpc) is 2.84. The van der Waals surface area contributed by atoms with Gasteiger partial charge in [0.1, 0.15) is 17.3 Å². The Kier molecular flexibility index (Phi) is 2.31. The maximum absolute atomic E-state index is 11.2. The van der Waals surface area contributed by atoms with Gasteiger partial charge in [0.25, 0.3) is 0 Å². The molecule has 0 aliphatic heterocycles. The number of hydrogen-bond acceptors (Lipinski definition) is 4. The Balaban J connectivity index is 1.62. The molecule has 20 heavy (non-hydrogen) atoms. The summed E-state index contributed by atoms with van der Waals surface area (Å²) in [5.74, 6) is 3.06. The van der Waals surface area contributed by atoms with E-state index in [0.29, 0.717) is 23.6 Å². The monoisotopic (exact) mass is 269 g/mol. The third kappa shape index (κ3) is 1.48. The Morgan fingerprint density at radius 3 is 2.60 bits per heavy atom. The third-order valence-electron chi connectivity index (χ3n) is 5.40. The summed E-state index contributed by atoms with van der Waals surface area (Å²) in [6.07, 6.45) is 4.00. The number of hydrogen-bond donors (Lipinski definition) is 1. The van der Waals surface area contributed by atoms with Crippen molar-refractivity contribution in [2.45, 2.75) is 25.3 Å². The molecule has 2 bridgehead atoms. The number of anilines is 1. The minimum Gasteiger partial charge on any atom is -0.376 e. The summed E-state index contributed by atoms with van der Waals surface area (Å²) in [6.45, 7) is 0. The van der Waals surface area contributed by atoms with Crippen LogP contribution in [0.3, 0.4) is 0 Å². The first-order chi connectivity index (χ1) is 9.70. The van der Waals surface area contributed by atoms with E-state index in [1.165, 1.54) is 25.3 Å². The van der Waals surface area contributed by atoms with Gasteiger partial charge in [0.15, 0.2) is 0 Å². The zero-order chi connectivity index (χ0) is 13.9. The lowest BCUT2D eigenvalue weighted by Gasteiger charge is -2.12. The molecule has 0 spiro atoms. The van der Waals surface area contributed by atoms with Crippen molar-refractivity contribution < 1.29 is 4.92 Å². The molecule has 1 aromatic carbocycles. The van der Waals surface area contributed by atoms with Crippen molar-refractivity contribution in [3.63, 3.8) is 0 Å². The van der Waals surface area contributed by atoms with Crippen LogP contribution in [0.5, 0.6) is 0 Å². The number of benzene rings is 1. The summed E-state index contributed by atoms with van der Waals surface area (Å²) >= 11 is 0. The number of nitrogens with one attached hydrogen (secondary N) is 1. The molecule has 5 nitrogen and oxygen atoms in total. The summed E-state index contributed by atoms with van der Waals surface area (Å²) in [7, 11) is 0. The Morgan fingerprint density at radius 2 is 2.00 bits per heavy atom. The van der Waals surface area contributed by atoms with Crippen LogP contribution >= 0.6 is 0 Å². The molecule has 4 atom stereocenters. The smallest absolute Gasteiger partial charge is 0.309 e. The van der Waals surface area contributed by atoms with Crippen LogP contribution in [0, 0.1) is 45.1 Å². The number of nitro benzene ring substituents is 1. The van der Waals surface area contributed by atoms with Gasteiger partial charge in [-0.2, -0.15) is 5.26 Å². The zero-order valence-corrected chi connectivity index (χ0v) is 11.0. The fraction of sp³-hybridized carbons (Fsp3) is 0.533. The number of nitro groups is 1. The summed E-state index contributed by atoms with van der Waals surface area (Å²) in [4.78, 5) is 10.8. The highest BCUT2D eigenvalue weighted by Crippen LogP contribution is 2.66. The van der Waals surface area contributed by atoms with E-state index in [1.54, 1.807) is 12.1 Å². The number of fused-ring (bicyclic) bond motifs is 5. The van der Waals surface area contributed by atoms with E-state index in [0.717, 1.165) is 11.8 Å². The molecule has 0 saturated heterocycles. The molecule has 0 amide bonds. The summed E-state index contributed by atoms with van der Waals surface area (Å²) < 4.78 is 0. The summed E-state index contributed by atoms with van der Waals surface area (Å²) in [5.41, 5.74) is 0.564. The molecule has 0 radical (unpaired) electrons. The van der Waals surface area contributed by atoms with Crippen LogP contribution in [0.4, 0.5) is 11.4 Å².